The van der Waals surface area contributed by atoms with E-state index in [-0.39, 0.29) is 38.1 Å². The van der Waals surface area contributed by atoms with Crippen LogP contribution in [0.5, 0.6) is 0 Å². The third kappa shape index (κ3) is 8.27. The second-order valence-corrected chi connectivity index (χ2v) is 10.2. The van der Waals surface area contributed by atoms with Gasteiger partial charge in [0.15, 0.2) is 0 Å². The van der Waals surface area contributed by atoms with E-state index >= 15 is 0 Å². The molecule has 142 valence electrons. The molecular formula is C13H25NO8S2. The second kappa shape index (κ2) is 7.54. The normalized spacial score (nSPS) is 22.6. The number of hydrogen-bond acceptors (Lipinski definition) is 8. The molecule has 11 heteroatoms. The molecule has 0 aromatic heterocycles. The zero-order valence-corrected chi connectivity index (χ0v) is 16.1. The lowest BCUT2D eigenvalue weighted by Gasteiger charge is -2.24. The maximum Gasteiger partial charge on any atom is 0.410 e. The zero-order valence-electron chi connectivity index (χ0n) is 14.5. The minimum absolute atomic E-state index is 0.157. The van der Waals surface area contributed by atoms with Crippen LogP contribution in [0.15, 0.2) is 0 Å². The highest BCUT2D eigenvalue weighted by Crippen LogP contribution is 2.26. The third-order valence-electron chi connectivity index (χ3n) is 3.22. The van der Waals surface area contributed by atoms with Crippen LogP contribution in [-0.4, -0.2) is 72.2 Å². The molecule has 0 radical (unpaired) electrons. The summed E-state index contributed by atoms with van der Waals surface area (Å²) in [5.41, 5.74) is -0.669. The Morgan fingerprint density at radius 1 is 0.958 bits per heavy atom. The van der Waals surface area contributed by atoms with E-state index in [4.69, 9.17) is 13.1 Å². The molecule has 0 aliphatic carbocycles. The average molecular weight is 387 g/mol. The molecule has 1 rings (SSSR count). The van der Waals surface area contributed by atoms with Gasteiger partial charge in [0.1, 0.15) is 5.60 Å². The molecule has 1 amide bonds. The van der Waals surface area contributed by atoms with Crippen molar-refractivity contribution in [2.24, 2.45) is 11.8 Å². The van der Waals surface area contributed by atoms with Crippen LogP contribution in [0.4, 0.5) is 4.79 Å². The molecule has 1 aliphatic heterocycles. The Kier molecular flexibility index (Phi) is 6.64. The van der Waals surface area contributed by atoms with Gasteiger partial charge in [0, 0.05) is 24.9 Å². The van der Waals surface area contributed by atoms with Crippen LogP contribution in [0.25, 0.3) is 0 Å². The summed E-state index contributed by atoms with van der Waals surface area (Å²) in [5.74, 6) is -0.761. The first-order valence-corrected chi connectivity index (χ1v) is 11.0. The fourth-order valence-corrected chi connectivity index (χ4v) is 3.06. The van der Waals surface area contributed by atoms with Crippen molar-refractivity contribution in [1.82, 2.24) is 4.90 Å². The van der Waals surface area contributed by atoms with Crippen molar-refractivity contribution < 1.29 is 34.7 Å². The lowest BCUT2D eigenvalue weighted by molar-refractivity contribution is 0.0280. The van der Waals surface area contributed by atoms with E-state index < -0.39 is 31.9 Å². The number of nitrogens with zero attached hydrogens (tertiary/aromatic N) is 1. The van der Waals surface area contributed by atoms with Gasteiger partial charge in [-0.05, 0) is 20.8 Å². The van der Waals surface area contributed by atoms with Crippen molar-refractivity contribution in [2.75, 3.05) is 38.8 Å². The summed E-state index contributed by atoms with van der Waals surface area (Å²) in [6.45, 7) is 5.27. The highest BCUT2D eigenvalue weighted by atomic mass is 32.2. The predicted molar refractivity (Wildman–Crippen MR) is 86.4 cm³/mol. The standard InChI is InChI=1S/C13H25NO8S2/c1-13(2,3)22-12(15)14-6-10(8-20-23(4,16)17)11(7-14)9-21-24(5,18)19/h10-11H,6-9H2,1-5H3/t10-,11-/m1/s1. The first-order valence-electron chi connectivity index (χ1n) is 7.33. The number of hydrogen-bond donors (Lipinski definition) is 0. The molecule has 0 saturated carbocycles. The summed E-state index contributed by atoms with van der Waals surface area (Å²) in [4.78, 5) is 13.5. The molecule has 1 aliphatic rings. The summed E-state index contributed by atoms with van der Waals surface area (Å²) in [6, 6.07) is 0. The number of ether oxygens (including phenoxy) is 1. The fourth-order valence-electron chi connectivity index (χ4n) is 2.21. The largest absolute Gasteiger partial charge is 0.444 e. The van der Waals surface area contributed by atoms with Gasteiger partial charge in [-0.25, -0.2) is 4.79 Å². The van der Waals surface area contributed by atoms with Crippen LogP contribution in [0.1, 0.15) is 20.8 Å². The third-order valence-corrected chi connectivity index (χ3v) is 4.35. The number of likely N-dealkylation sites (tertiary alicyclic amines) is 1. The smallest absolute Gasteiger partial charge is 0.410 e. The van der Waals surface area contributed by atoms with Crippen molar-refractivity contribution >= 4 is 26.3 Å². The molecule has 0 aromatic carbocycles. The Balaban J connectivity index is 2.78. The van der Waals surface area contributed by atoms with E-state index in [1.807, 2.05) is 0 Å². The van der Waals surface area contributed by atoms with Crippen LogP contribution in [-0.2, 0) is 33.3 Å². The molecule has 0 bridgehead atoms. The predicted octanol–water partition coefficient (Wildman–Crippen LogP) is 0.422. The summed E-state index contributed by atoms with van der Waals surface area (Å²) in [7, 11) is -7.28. The van der Waals surface area contributed by atoms with Crippen molar-refractivity contribution in [2.45, 2.75) is 26.4 Å². The van der Waals surface area contributed by atoms with Crippen LogP contribution in [0.3, 0.4) is 0 Å². The maximum atomic E-state index is 12.1. The number of carbonyl (C=O) groups excluding carboxylic acids is 1. The Labute approximate surface area is 143 Å². The van der Waals surface area contributed by atoms with Crippen LogP contribution >= 0.6 is 0 Å². The molecule has 0 aromatic rings. The van der Waals surface area contributed by atoms with Gasteiger partial charge in [0.05, 0.1) is 25.7 Å². The lowest BCUT2D eigenvalue weighted by Crippen LogP contribution is -2.35. The first kappa shape index (κ1) is 21.1. The van der Waals surface area contributed by atoms with Gasteiger partial charge in [-0.1, -0.05) is 0 Å². The van der Waals surface area contributed by atoms with Gasteiger partial charge in [0.25, 0.3) is 20.2 Å². The molecule has 9 nitrogen and oxygen atoms in total. The van der Waals surface area contributed by atoms with Crippen molar-refractivity contribution in [3.05, 3.63) is 0 Å². The van der Waals surface area contributed by atoms with E-state index in [0.29, 0.717) is 0 Å². The Morgan fingerprint density at radius 2 is 1.33 bits per heavy atom. The lowest BCUT2D eigenvalue weighted by atomic mass is 9.98. The van der Waals surface area contributed by atoms with E-state index in [1.165, 1.54) is 4.90 Å². The first-order chi connectivity index (χ1) is 10.7. The SMILES string of the molecule is CC(C)(C)OC(=O)N1C[C@H](COS(C)(=O)=O)[C@@H](COS(C)(=O)=O)C1. The quantitative estimate of drug-likeness (QED) is 0.602. The Morgan fingerprint density at radius 3 is 1.62 bits per heavy atom. The van der Waals surface area contributed by atoms with Gasteiger partial charge in [-0.2, -0.15) is 16.8 Å². The molecule has 24 heavy (non-hydrogen) atoms. The highest BCUT2D eigenvalue weighted by Gasteiger charge is 2.38. The van der Waals surface area contributed by atoms with Crippen LogP contribution in [0, 0.1) is 11.8 Å². The zero-order chi connectivity index (χ0) is 18.8. The number of amides is 1. The molecule has 1 saturated heterocycles. The molecular weight excluding hydrogens is 362 g/mol. The Hall–Kier alpha value is -0.910. The Bertz CT molecular complexity index is 606. The van der Waals surface area contributed by atoms with Crippen molar-refractivity contribution in [1.29, 1.82) is 0 Å². The maximum absolute atomic E-state index is 12.1. The topological polar surface area (TPSA) is 116 Å². The van der Waals surface area contributed by atoms with E-state index in [1.54, 1.807) is 20.8 Å². The average Bonchev–Trinajstić information content (AvgIpc) is 2.73. The molecule has 1 heterocycles. The fraction of sp³-hybridized carbons (Fsp3) is 0.923. The van der Waals surface area contributed by atoms with Gasteiger partial charge in [0.2, 0.25) is 0 Å². The van der Waals surface area contributed by atoms with Gasteiger partial charge < -0.3 is 9.64 Å². The molecule has 0 unspecified atom stereocenters. The van der Waals surface area contributed by atoms with Crippen molar-refractivity contribution in [3.8, 4) is 0 Å². The summed E-state index contributed by atoms with van der Waals surface area (Å²) in [5, 5.41) is 0. The number of rotatable bonds is 6. The summed E-state index contributed by atoms with van der Waals surface area (Å²) in [6.07, 6.45) is 1.30. The summed E-state index contributed by atoms with van der Waals surface area (Å²) >= 11 is 0. The molecule has 2 atom stereocenters. The van der Waals surface area contributed by atoms with E-state index in [0.717, 1.165) is 12.5 Å². The monoisotopic (exact) mass is 387 g/mol. The molecule has 0 N–H and O–H groups in total. The van der Waals surface area contributed by atoms with Gasteiger partial charge in [-0.15, -0.1) is 0 Å². The van der Waals surface area contributed by atoms with E-state index in [2.05, 4.69) is 0 Å². The van der Waals surface area contributed by atoms with E-state index in [9.17, 15) is 21.6 Å². The second-order valence-electron chi connectivity index (χ2n) is 6.88. The van der Waals surface area contributed by atoms with Gasteiger partial charge >= 0.3 is 6.09 Å². The van der Waals surface area contributed by atoms with Crippen molar-refractivity contribution in [3.63, 3.8) is 0 Å². The highest BCUT2D eigenvalue weighted by molar-refractivity contribution is 7.86. The molecule has 1 fully saturated rings. The minimum atomic E-state index is -3.64. The summed E-state index contributed by atoms with van der Waals surface area (Å²) < 4.78 is 59.5. The minimum Gasteiger partial charge on any atom is -0.444 e. The van der Waals surface area contributed by atoms with Crippen LogP contribution < -0.4 is 0 Å². The van der Waals surface area contributed by atoms with Crippen LogP contribution in [0.2, 0.25) is 0 Å². The number of carbonyl (C=O) groups is 1. The van der Waals surface area contributed by atoms with Gasteiger partial charge in [-0.3, -0.25) is 8.37 Å². The molecule has 0 spiro atoms.